The van der Waals surface area contributed by atoms with E-state index in [0.29, 0.717) is 42.6 Å². The first-order valence-corrected chi connectivity index (χ1v) is 13.6. The predicted octanol–water partition coefficient (Wildman–Crippen LogP) is 3.24. The second-order valence-corrected chi connectivity index (χ2v) is 10.6. The highest BCUT2D eigenvalue weighted by Gasteiger charge is 2.25. The fraction of sp³-hybridized carbons (Fsp3) is 0.357. The van der Waals surface area contributed by atoms with E-state index in [2.05, 4.69) is 19.5 Å². The quantitative estimate of drug-likeness (QED) is 0.346. The van der Waals surface area contributed by atoms with Gasteiger partial charge in [-0.05, 0) is 42.8 Å². The number of carboxylic acids is 1. The van der Waals surface area contributed by atoms with Crippen LogP contribution in [-0.4, -0.2) is 74.2 Å². The van der Waals surface area contributed by atoms with Gasteiger partial charge in [0, 0.05) is 49.4 Å². The van der Waals surface area contributed by atoms with Crippen molar-refractivity contribution >= 4 is 34.4 Å². The molecule has 208 valence electrons. The van der Waals surface area contributed by atoms with Crippen LogP contribution in [0.1, 0.15) is 28.2 Å². The molecule has 2 aromatic heterocycles. The molecule has 2 aliphatic rings. The molecule has 6 rings (SSSR count). The number of halogens is 2. The minimum Gasteiger partial charge on any atom is -0.478 e. The average Bonchev–Trinajstić information content (AvgIpc) is 3.25. The third-order valence-electron chi connectivity index (χ3n) is 7.50. The van der Waals surface area contributed by atoms with E-state index < -0.39 is 11.8 Å². The number of hydrogen-bond acceptors (Lipinski definition) is 7. The second-order valence-electron chi connectivity index (χ2n) is 10.1. The number of rotatable bonds is 8. The zero-order valence-corrected chi connectivity index (χ0v) is 22.4. The number of piperazine rings is 1. The van der Waals surface area contributed by atoms with Gasteiger partial charge in [-0.3, -0.25) is 9.69 Å². The maximum atomic E-state index is 14.3. The van der Waals surface area contributed by atoms with Crippen LogP contribution >= 0.6 is 11.6 Å². The molecule has 0 bridgehead atoms. The van der Waals surface area contributed by atoms with Crippen molar-refractivity contribution in [2.75, 3.05) is 37.7 Å². The van der Waals surface area contributed by atoms with Gasteiger partial charge in [-0.2, -0.15) is 5.10 Å². The summed E-state index contributed by atoms with van der Waals surface area (Å²) in [6.45, 7) is 4.87. The summed E-state index contributed by atoms with van der Waals surface area (Å²) in [6, 6.07) is 12.6. The lowest BCUT2D eigenvalue weighted by molar-refractivity contribution is -0.0592. The Hall–Kier alpha value is -3.80. The van der Waals surface area contributed by atoms with Crippen molar-refractivity contribution in [1.82, 2.24) is 24.2 Å². The Morgan fingerprint density at radius 2 is 1.88 bits per heavy atom. The molecule has 0 radical (unpaired) electrons. The molecule has 10 nitrogen and oxygen atoms in total. The summed E-state index contributed by atoms with van der Waals surface area (Å²) in [5, 5.41) is 14.3. The maximum absolute atomic E-state index is 14.3. The molecular formula is C28H28ClFN6O4. The Morgan fingerprint density at radius 3 is 2.58 bits per heavy atom. The van der Waals surface area contributed by atoms with Crippen LogP contribution in [0.3, 0.4) is 0 Å². The first-order chi connectivity index (χ1) is 19.3. The van der Waals surface area contributed by atoms with Gasteiger partial charge < -0.3 is 19.3 Å². The summed E-state index contributed by atoms with van der Waals surface area (Å²) < 4.78 is 23.3. The monoisotopic (exact) mass is 566 g/mol. The van der Waals surface area contributed by atoms with Crippen molar-refractivity contribution in [3.63, 3.8) is 0 Å². The van der Waals surface area contributed by atoms with Crippen molar-refractivity contribution in [1.29, 1.82) is 0 Å². The average molecular weight is 567 g/mol. The number of ether oxygens (including phenoxy) is 1. The molecule has 0 saturated carbocycles. The molecule has 0 amide bonds. The second kappa shape index (κ2) is 11.0. The molecule has 2 aliphatic heterocycles. The Labute approximate surface area is 234 Å². The molecule has 40 heavy (non-hydrogen) atoms. The largest absolute Gasteiger partial charge is 0.478 e. The molecule has 4 heterocycles. The van der Waals surface area contributed by atoms with Gasteiger partial charge in [0.2, 0.25) is 0 Å². The highest BCUT2D eigenvalue weighted by atomic mass is 35.5. The first kappa shape index (κ1) is 26.4. The summed E-state index contributed by atoms with van der Waals surface area (Å²) in [5.41, 5.74) is 1.83. The van der Waals surface area contributed by atoms with Crippen molar-refractivity contribution in [2.24, 2.45) is 0 Å². The Balaban J connectivity index is 1.16. The van der Waals surface area contributed by atoms with Gasteiger partial charge in [0.1, 0.15) is 17.5 Å². The van der Waals surface area contributed by atoms with Crippen LogP contribution in [-0.2, 0) is 24.4 Å². The topological polar surface area (TPSA) is 106 Å². The molecule has 0 aliphatic carbocycles. The zero-order valence-electron chi connectivity index (χ0n) is 21.7. The van der Waals surface area contributed by atoms with E-state index in [0.717, 1.165) is 43.0 Å². The maximum Gasteiger partial charge on any atom is 0.335 e. The molecular weight excluding hydrogens is 539 g/mol. The highest BCUT2D eigenvalue weighted by Crippen LogP contribution is 2.24. The molecule has 1 atom stereocenters. The van der Waals surface area contributed by atoms with Gasteiger partial charge in [-0.15, -0.1) is 0 Å². The number of hydrogen-bond donors (Lipinski definition) is 1. The molecule has 1 N–H and O–H groups in total. The Kier molecular flexibility index (Phi) is 7.26. The van der Waals surface area contributed by atoms with Gasteiger partial charge in [-0.25, -0.2) is 18.9 Å². The normalized spacial score (nSPS) is 17.8. The van der Waals surface area contributed by atoms with Gasteiger partial charge in [0.15, 0.2) is 0 Å². The Morgan fingerprint density at radius 1 is 1.07 bits per heavy atom. The summed E-state index contributed by atoms with van der Waals surface area (Å²) in [6.07, 6.45) is 1.07. The van der Waals surface area contributed by atoms with Crippen molar-refractivity contribution in [3.8, 4) is 0 Å². The minimum absolute atomic E-state index is 0.0140. The van der Waals surface area contributed by atoms with E-state index in [9.17, 15) is 19.1 Å². The number of anilines is 1. The highest BCUT2D eigenvalue weighted by molar-refractivity contribution is 6.30. The van der Waals surface area contributed by atoms with Crippen LogP contribution < -0.4 is 10.5 Å². The van der Waals surface area contributed by atoms with E-state index in [1.165, 1.54) is 16.8 Å². The van der Waals surface area contributed by atoms with Crippen LogP contribution in [0.2, 0.25) is 5.02 Å². The van der Waals surface area contributed by atoms with Gasteiger partial charge in [-0.1, -0.05) is 17.7 Å². The number of aromatic carboxylic acids is 1. The lowest BCUT2D eigenvalue weighted by Crippen LogP contribution is -2.47. The Bertz CT molecular complexity index is 1630. The molecule has 2 saturated heterocycles. The predicted molar refractivity (Wildman–Crippen MR) is 148 cm³/mol. The number of aromatic nitrogens is 4. The van der Waals surface area contributed by atoms with Gasteiger partial charge >= 0.3 is 5.97 Å². The van der Waals surface area contributed by atoms with Crippen molar-refractivity contribution in [3.05, 3.63) is 86.7 Å². The third kappa shape index (κ3) is 5.45. The summed E-state index contributed by atoms with van der Waals surface area (Å²) in [4.78, 5) is 33.2. The van der Waals surface area contributed by atoms with E-state index >= 15 is 0 Å². The lowest BCUT2D eigenvalue weighted by Gasteiger charge is -2.35. The van der Waals surface area contributed by atoms with Gasteiger partial charge in [0.25, 0.3) is 5.56 Å². The fourth-order valence-electron chi connectivity index (χ4n) is 5.13. The zero-order chi connectivity index (χ0) is 27.8. The number of carboxylic acid groups (broad SMARTS) is 1. The number of nitrogens with zero attached hydrogens (tertiary/aromatic N) is 6. The first-order valence-electron chi connectivity index (χ1n) is 13.2. The van der Waals surface area contributed by atoms with E-state index in [1.54, 1.807) is 36.4 Å². The molecule has 12 heteroatoms. The summed E-state index contributed by atoms with van der Waals surface area (Å²) in [7, 11) is 0. The number of fused-ring (bicyclic) bond motifs is 1. The van der Waals surface area contributed by atoms with E-state index in [-0.39, 0.29) is 23.8 Å². The smallest absolute Gasteiger partial charge is 0.335 e. The summed E-state index contributed by atoms with van der Waals surface area (Å²) in [5.74, 6) is 0.0853. The molecule has 2 fully saturated rings. The number of benzene rings is 2. The fourth-order valence-corrected chi connectivity index (χ4v) is 5.29. The van der Waals surface area contributed by atoms with Crippen molar-refractivity contribution in [2.45, 2.75) is 32.2 Å². The number of carbonyl (C=O) groups is 1. The van der Waals surface area contributed by atoms with Crippen molar-refractivity contribution < 1.29 is 19.0 Å². The molecule has 0 spiro atoms. The van der Waals surface area contributed by atoms with Crippen LogP contribution in [0.15, 0.2) is 53.3 Å². The molecule has 4 aromatic rings. The summed E-state index contributed by atoms with van der Waals surface area (Å²) >= 11 is 5.85. The van der Waals surface area contributed by atoms with Crippen LogP contribution in [0.4, 0.5) is 10.2 Å². The van der Waals surface area contributed by atoms with Crippen LogP contribution in [0.25, 0.3) is 11.0 Å². The van der Waals surface area contributed by atoms with E-state index in [1.807, 2.05) is 0 Å². The standard InChI is InChI=1S/C28H28ClFN6O4/c29-20-3-1-19(22(30)14-20)15-36-27(37)6-5-25(32-36)34-10-8-33(9-11-34)17-26-31-23-4-2-18(28(38)39)13-24(23)35(26)16-21-7-12-40-21/h1-6,13-14,21H,7-12,15-17H2,(H,38,39)/t21-/m0/s1. The number of imidazole rings is 1. The lowest BCUT2D eigenvalue weighted by atomic mass is 10.1. The van der Waals surface area contributed by atoms with E-state index in [4.69, 9.17) is 21.3 Å². The van der Waals surface area contributed by atoms with Crippen LogP contribution in [0, 0.1) is 5.82 Å². The van der Waals surface area contributed by atoms with Crippen LogP contribution in [0.5, 0.6) is 0 Å². The van der Waals surface area contributed by atoms with Gasteiger partial charge in [0.05, 0.1) is 42.3 Å². The molecule has 0 unspecified atom stereocenters. The minimum atomic E-state index is -0.967. The molecule has 2 aromatic carbocycles. The third-order valence-corrected chi connectivity index (χ3v) is 7.74. The SMILES string of the molecule is O=C(O)c1ccc2nc(CN3CCN(c4ccc(=O)n(Cc5ccc(Cl)cc5F)n4)CC3)n(C[C@@H]3CCO3)c2c1.